The van der Waals surface area contributed by atoms with Gasteiger partial charge in [0.2, 0.25) is 0 Å². The van der Waals surface area contributed by atoms with Gasteiger partial charge in [-0.15, -0.1) is 0 Å². The van der Waals surface area contributed by atoms with E-state index in [2.05, 4.69) is 0 Å². The van der Waals surface area contributed by atoms with E-state index in [0.717, 1.165) is 0 Å². The number of ether oxygens (including phenoxy) is 1. The highest BCUT2D eigenvalue weighted by Gasteiger charge is 2.44. The van der Waals surface area contributed by atoms with Gasteiger partial charge >= 0.3 is 0 Å². The van der Waals surface area contributed by atoms with Gasteiger partial charge in [0.05, 0.1) is 13.2 Å². The van der Waals surface area contributed by atoms with E-state index >= 15 is 0 Å². The lowest BCUT2D eigenvalue weighted by Crippen LogP contribution is -2.61. The van der Waals surface area contributed by atoms with Crippen molar-refractivity contribution in [1.82, 2.24) is 0 Å². The molecule has 66 valence electrons. The average Bonchev–Trinajstić information content (AvgIpc) is 2.02. The lowest BCUT2D eigenvalue weighted by Gasteiger charge is -2.42. The molecule has 11 heavy (non-hydrogen) atoms. The van der Waals surface area contributed by atoms with Crippen molar-refractivity contribution in [2.24, 2.45) is 0 Å². The second-order valence-corrected chi connectivity index (χ2v) is 2.56. The van der Waals surface area contributed by atoms with Crippen LogP contribution in [-0.2, 0) is 4.74 Å². The van der Waals surface area contributed by atoms with Crippen molar-refractivity contribution in [3.63, 3.8) is 0 Å². The molecule has 0 radical (unpaired) electrons. The molecule has 0 spiro atoms. The molecule has 1 fully saturated rings. The summed E-state index contributed by atoms with van der Waals surface area (Å²) >= 11 is 0. The zero-order chi connectivity index (χ0) is 8.43. The van der Waals surface area contributed by atoms with Crippen LogP contribution in [0.25, 0.3) is 0 Å². The normalized spacial score (nSPS) is 39.8. The summed E-state index contributed by atoms with van der Waals surface area (Å²) in [6.07, 6.45) is -3.30. The van der Waals surface area contributed by atoms with Gasteiger partial charge in [0.15, 0.2) is 0 Å². The molecule has 0 unspecified atom stereocenters. The van der Waals surface area contributed by atoms with Gasteiger partial charge in [-0.1, -0.05) is 0 Å². The summed E-state index contributed by atoms with van der Waals surface area (Å²) in [4.78, 5) is 0. The van der Waals surface area contributed by atoms with Crippen LogP contribution in [0.3, 0.4) is 0 Å². The third-order valence-corrected chi connectivity index (χ3v) is 1.80. The van der Waals surface area contributed by atoms with Gasteiger partial charge in [-0.2, -0.15) is 0 Å². The SMILES string of the molecule is OC[C@@H](O)[C@H]1O[C@@H](CO)[C@H]1O. The van der Waals surface area contributed by atoms with E-state index in [9.17, 15) is 0 Å². The molecule has 1 aliphatic heterocycles. The van der Waals surface area contributed by atoms with E-state index in [4.69, 9.17) is 25.2 Å². The highest BCUT2D eigenvalue weighted by Crippen LogP contribution is 2.23. The predicted molar refractivity (Wildman–Crippen MR) is 34.8 cm³/mol. The van der Waals surface area contributed by atoms with Gasteiger partial charge in [0.25, 0.3) is 0 Å². The molecule has 1 rings (SSSR count). The molecule has 1 saturated heterocycles. The highest BCUT2D eigenvalue weighted by atomic mass is 16.6. The minimum absolute atomic E-state index is 0.268. The van der Waals surface area contributed by atoms with E-state index < -0.39 is 31.0 Å². The quantitative estimate of drug-likeness (QED) is 0.369. The van der Waals surface area contributed by atoms with Crippen LogP contribution in [0.4, 0.5) is 0 Å². The van der Waals surface area contributed by atoms with Crippen LogP contribution in [0.5, 0.6) is 0 Å². The standard InChI is InChI=1S/C6H12O5/c7-1-3(9)6-5(10)4(2-8)11-6/h3-10H,1-2H2/t3-,4+,5-,6-/m1/s1. The third kappa shape index (κ3) is 1.52. The van der Waals surface area contributed by atoms with Crippen molar-refractivity contribution < 1.29 is 25.2 Å². The van der Waals surface area contributed by atoms with Crippen molar-refractivity contribution in [3.8, 4) is 0 Å². The van der Waals surface area contributed by atoms with Crippen LogP contribution in [-0.4, -0.2) is 58.1 Å². The minimum atomic E-state index is -1.06. The summed E-state index contributed by atoms with van der Waals surface area (Å²) in [6, 6.07) is 0. The van der Waals surface area contributed by atoms with E-state index in [1.807, 2.05) is 0 Å². The van der Waals surface area contributed by atoms with Crippen molar-refractivity contribution in [2.45, 2.75) is 24.4 Å². The monoisotopic (exact) mass is 164 g/mol. The van der Waals surface area contributed by atoms with Crippen molar-refractivity contribution >= 4 is 0 Å². The molecule has 1 heterocycles. The Bertz CT molecular complexity index is 128. The summed E-state index contributed by atoms with van der Waals surface area (Å²) in [5, 5.41) is 35.0. The number of hydrogen-bond donors (Lipinski definition) is 4. The topological polar surface area (TPSA) is 90.2 Å². The van der Waals surface area contributed by atoms with Crippen molar-refractivity contribution in [1.29, 1.82) is 0 Å². The molecule has 0 amide bonds. The molecular weight excluding hydrogens is 152 g/mol. The maximum absolute atomic E-state index is 9.11. The molecule has 1 aliphatic rings. The summed E-state index contributed by atoms with van der Waals surface area (Å²) in [5.74, 6) is 0. The van der Waals surface area contributed by atoms with Crippen LogP contribution in [0.1, 0.15) is 0 Å². The maximum atomic E-state index is 9.11. The number of hydrogen-bond acceptors (Lipinski definition) is 5. The molecule has 0 aromatic heterocycles. The fraction of sp³-hybridized carbons (Fsp3) is 1.00. The number of aliphatic hydroxyl groups is 4. The molecule has 0 aromatic carbocycles. The van der Waals surface area contributed by atoms with Gasteiger partial charge < -0.3 is 25.2 Å². The predicted octanol–water partition coefficient (Wildman–Crippen LogP) is -2.54. The molecule has 5 nitrogen and oxygen atoms in total. The Hall–Kier alpha value is -0.200. The van der Waals surface area contributed by atoms with E-state index in [-0.39, 0.29) is 6.61 Å². The van der Waals surface area contributed by atoms with Crippen LogP contribution < -0.4 is 0 Å². The molecule has 4 N–H and O–H groups in total. The molecule has 0 saturated carbocycles. The number of aliphatic hydroxyl groups excluding tert-OH is 4. The Balaban J connectivity index is 2.32. The molecule has 0 bridgehead atoms. The van der Waals surface area contributed by atoms with E-state index in [1.54, 1.807) is 0 Å². The zero-order valence-corrected chi connectivity index (χ0v) is 5.92. The lowest BCUT2D eigenvalue weighted by molar-refractivity contribution is -0.264. The number of rotatable bonds is 3. The second kappa shape index (κ2) is 3.46. The summed E-state index contributed by atoms with van der Waals surface area (Å²) in [5.41, 5.74) is 0. The Kier molecular flexibility index (Phi) is 2.80. The van der Waals surface area contributed by atoms with Gasteiger partial charge in [-0.05, 0) is 0 Å². The summed E-state index contributed by atoms with van der Waals surface area (Å²) in [6.45, 7) is -0.713. The Morgan fingerprint density at radius 2 is 2.00 bits per heavy atom. The summed E-state index contributed by atoms with van der Waals surface area (Å²) in [7, 11) is 0. The minimum Gasteiger partial charge on any atom is -0.394 e. The van der Waals surface area contributed by atoms with Gasteiger partial charge in [-0.25, -0.2) is 0 Å². The Morgan fingerprint density at radius 1 is 1.36 bits per heavy atom. The molecule has 0 aliphatic carbocycles. The van der Waals surface area contributed by atoms with Crippen LogP contribution in [0, 0.1) is 0 Å². The lowest BCUT2D eigenvalue weighted by atomic mass is 9.97. The molecule has 0 aromatic rings. The fourth-order valence-corrected chi connectivity index (χ4v) is 1.06. The van der Waals surface area contributed by atoms with Crippen molar-refractivity contribution in [3.05, 3.63) is 0 Å². The first-order valence-electron chi connectivity index (χ1n) is 3.44. The van der Waals surface area contributed by atoms with Crippen LogP contribution in [0.2, 0.25) is 0 Å². The highest BCUT2D eigenvalue weighted by molar-refractivity contribution is 4.91. The van der Waals surface area contributed by atoms with E-state index in [1.165, 1.54) is 0 Å². The van der Waals surface area contributed by atoms with Crippen LogP contribution in [0.15, 0.2) is 0 Å². The first kappa shape index (κ1) is 8.89. The first-order chi connectivity index (χ1) is 5.20. The third-order valence-electron chi connectivity index (χ3n) is 1.80. The maximum Gasteiger partial charge on any atom is 0.115 e. The van der Waals surface area contributed by atoms with Gasteiger partial charge in [0, 0.05) is 0 Å². The van der Waals surface area contributed by atoms with Crippen LogP contribution >= 0.6 is 0 Å². The molecular formula is C6H12O5. The van der Waals surface area contributed by atoms with E-state index in [0.29, 0.717) is 0 Å². The van der Waals surface area contributed by atoms with Crippen molar-refractivity contribution in [2.75, 3.05) is 13.2 Å². The molecule has 4 atom stereocenters. The van der Waals surface area contributed by atoms with Gasteiger partial charge in [0.1, 0.15) is 24.4 Å². The summed E-state index contributed by atoms with van der Waals surface area (Å²) < 4.78 is 4.84. The van der Waals surface area contributed by atoms with Gasteiger partial charge in [-0.3, -0.25) is 0 Å². The Labute approximate surface area is 63.8 Å². The zero-order valence-electron chi connectivity index (χ0n) is 5.92. The fourth-order valence-electron chi connectivity index (χ4n) is 1.06. The second-order valence-electron chi connectivity index (χ2n) is 2.56. The smallest absolute Gasteiger partial charge is 0.115 e. The largest absolute Gasteiger partial charge is 0.394 e. The molecule has 5 heteroatoms. The first-order valence-corrected chi connectivity index (χ1v) is 3.44. The average molecular weight is 164 g/mol. The Morgan fingerprint density at radius 3 is 2.36 bits per heavy atom.